The maximum absolute atomic E-state index is 13.7. The third-order valence-electron chi connectivity index (χ3n) is 7.81. The fourth-order valence-corrected chi connectivity index (χ4v) is 5.98. The average Bonchev–Trinajstić information content (AvgIpc) is 2.83. The SMILES string of the molecule is CN(C)c1cc(-c2ccc(O)c(O)c2)c(O)c2c1CC1CC3CC(=O)C(C(N)=O)=C(O)C3(O)C(=O)C1=C2O. The Morgan fingerprint density at radius 3 is 2.32 bits per heavy atom. The highest BCUT2D eigenvalue weighted by Gasteiger charge is 2.60. The van der Waals surface area contributed by atoms with Crippen molar-refractivity contribution in [2.45, 2.75) is 24.9 Å². The molecular weight excluding hydrogens is 496 g/mol. The van der Waals surface area contributed by atoms with Crippen LogP contribution in [0.1, 0.15) is 24.0 Å². The molecule has 0 heterocycles. The van der Waals surface area contributed by atoms with Crippen LogP contribution in [-0.2, 0) is 20.8 Å². The molecule has 3 atom stereocenters. The summed E-state index contributed by atoms with van der Waals surface area (Å²) < 4.78 is 0. The second-order valence-electron chi connectivity index (χ2n) is 10.1. The first-order valence-corrected chi connectivity index (χ1v) is 11.8. The molecule has 3 unspecified atom stereocenters. The minimum Gasteiger partial charge on any atom is -0.508 e. The van der Waals surface area contributed by atoms with Gasteiger partial charge in [-0.2, -0.15) is 0 Å². The summed E-state index contributed by atoms with van der Waals surface area (Å²) in [5.74, 6) is -7.78. The van der Waals surface area contributed by atoms with Crippen LogP contribution >= 0.6 is 0 Å². The molecule has 11 heteroatoms. The Morgan fingerprint density at radius 2 is 1.71 bits per heavy atom. The number of primary amides is 1. The highest BCUT2D eigenvalue weighted by atomic mass is 16.3. The molecule has 1 saturated carbocycles. The lowest BCUT2D eigenvalue weighted by Gasteiger charge is -2.46. The third kappa shape index (κ3) is 3.28. The Hall–Kier alpha value is -4.51. The van der Waals surface area contributed by atoms with E-state index < -0.39 is 69.9 Å². The third-order valence-corrected chi connectivity index (χ3v) is 7.81. The minimum absolute atomic E-state index is 0.0319. The first-order valence-electron chi connectivity index (χ1n) is 11.8. The molecule has 0 spiro atoms. The van der Waals surface area contributed by atoms with Gasteiger partial charge in [-0.1, -0.05) is 6.07 Å². The quantitative estimate of drug-likeness (QED) is 0.229. The van der Waals surface area contributed by atoms with Gasteiger partial charge < -0.3 is 41.3 Å². The number of benzene rings is 2. The summed E-state index contributed by atoms with van der Waals surface area (Å²) in [6.45, 7) is 0. The summed E-state index contributed by atoms with van der Waals surface area (Å²) in [5.41, 5.74) is 3.04. The summed E-state index contributed by atoms with van der Waals surface area (Å²) in [7, 11) is 3.50. The van der Waals surface area contributed by atoms with Gasteiger partial charge in [0.25, 0.3) is 5.91 Å². The number of carbonyl (C=O) groups excluding carboxylic acids is 3. The molecule has 2 aromatic carbocycles. The van der Waals surface area contributed by atoms with E-state index in [-0.39, 0.29) is 35.3 Å². The number of fused-ring (bicyclic) bond motifs is 3. The van der Waals surface area contributed by atoms with Crippen LogP contribution in [0.3, 0.4) is 0 Å². The van der Waals surface area contributed by atoms with E-state index in [2.05, 4.69) is 0 Å². The fourth-order valence-electron chi connectivity index (χ4n) is 5.98. The Morgan fingerprint density at radius 1 is 1.03 bits per heavy atom. The molecular formula is C27H26N2O9. The van der Waals surface area contributed by atoms with Crippen molar-refractivity contribution in [2.24, 2.45) is 17.6 Å². The highest BCUT2D eigenvalue weighted by Crippen LogP contribution is 2.54. The number of ketones is 2. The summed E-state index contributed by atoms with van der Waals surface area (Å²) >= 11 is 0. The van der Waals surface area contributed by atoms with Crippen LogP contribution in [0.5, 0.6) is 17.2 Å². The zero-order chi connectivity index (χ0) is 27.8. The fraction of sp³-hybridized carbons (Fsp3) is 0.296. The second-order valence-corrected chi connectivity index (χ2v) is 10.1. The smallest absolute Gasteiger partial charge is 0.255 e. The number of phenolic OH excluding ortho intramolecular Hbond substituents is 3. The second kappa shape index (κ2) is 8.25. The zero-order valence-corrected chi connectivity index (χ0v) is 20.5. The van der Waals surface area contributed by atoms with Gasteiger partial charge in [0.1, 0.15) is 22.8 Å². The predicted octanol–water partition coefficient (Wildman–Crippen LogP) is 1.57. The van der Waals surface area contributed by atoms with Gasteiger partial charge in [0.05, 0.1) is 5.56 Å². The van der Waals surface area contributed by atoms with Crippen molar-refractivity contribution in [3.8, 4) is 28.4 Å². The number of anilines is 1. The van der Waals surface area contributed by atoms with Crippen molar-refractivity contribution < 1.29 is 45.0 Å². The van der Waals surface area contributed by atoms with E-state index in [9.17, 15) is 45.0 Å². The van der Waals surface area contributed by atoms with Crippen LogP contribution in [-0.4, -0.2) is 67.8 Å². The van der Waals surface area contributed by atoms with Crippen molar-refractivity contribution in [3.05, 3.63) is 52.3 Å². The minimum atomic E-state index is -2.64. The number of Topliss-reactive ketones (excluding diaryl/α,β-unsaturated/α-hetero) is 2. The van der Waals surface area contributed by atoms with Crippen molar-refractivity contribution in [3.63, 3.8) is 0 Å². The number of rotatable bonds is 3. The van der Waals surface area contributed by atoms with E-state index in [1.807, 2.05) is 0 Å². The van der Waals surface area contributed by atoms with E-state index in [4.69, 9.17) is 5.73 Å². The first-order chi connectivity index (χ1) is 17.8. The van der Waals surface area contributed by atoms with Crippen LogP contribution in [0, 0.1) is 11.8 Å². The van der Waals surface area contributed by atoms with E-state index in [1.165, 1.54) is 18.2 Å². The van der Waals surface area contributed by atoms with Gasteiger partial charge >= 0.3 is 0 Å². The Bertz CT molecular complexity index is 1520. The lowest BCUT2D eigenvalue weighted by Crippen LogP contribution is -2.58. The molecule has 1 amide bonds. The number of carbonyl (C=O) groups is 3. The molecule has 8 N–H and O–H groups in total. The van der Waals surface area contributed by atoms with Crippen LogP contribution in [0.2, 0.25) is 0 Å². The predicted molar refractivity (Wildman–Crippen MR) is 134 cm³/mol. The molecule has 198 valence electrons. The number of nitrogens with two attached hydrogens (primary N) is 1. The number of nitrogens with zero attached hydrogens (tertiary/aromatic N) is 1. The van der Waals surface area contributed by atoms with Crippen LogP contribution in [0.15, 0.2) is 41.2 Å². The lowest BCUT2D eigenvalue weighted by molar-refractivity contribution is -0.147. The van der Waals surface area contributed by atoms with Gasteiger partial charge in [-0.15, -0.1) is 0 Å². The number of aromatic hydroxyl groups is 3. The van der Waals surface area contributed by atoms with Gasteiger partial charge in [-0.25, -0.2) is 0 Å². The van der Waals surface area contributed by atoms with E-state index in [0.29, 0.717) is 16.8 Å². The average molecular weight is 523 g/mol. The Labute approximate surface area is 216 Å². The zero-order valence-electron chi connectivity index (χ0n) is 20.5. The molecule has 0 saturated heterocycles. The molecule has 0 aliphatic heterocycles. The normalized spacial score (nSPS) is 24.6. The molecule has 38 heavy (non-hydrogen) atoms. The number of amides is 1. The van der Waals surface area contributed by atoms with Gasteiger partial charge in [0.2, 0.25) is 5.78 Å². The molecule has 1 fully saturated rings. The molecule has 0 bridgehead atoms. The number of phenols is 3. The molecule has 0 radical (unpaired) electrons. The molecule has 0 aromatic heterocycles. The van der Waals surface area contributed by atoms with Gasteiger partial charge in [0.15, 0.2) is 22.9 Å². The maximum atomic E-state index is 13.7. The van der Waals surface area contributed by atoms with E-state index in [1.54, 1.807) is 25.1 Å². The number of aliphatic hydroxyl groups is 3. The van der Waals surface area contributed by atoms with Crippen molar-refractivity contribution in [1.82, 2.24) is 0 Å². The van der Waals surface area contributed by atoms with E-state index >= 15 is 0 Å². The number of hydrogen-bond acceptors (Lipinski definition) is 10. The largest absolute Gasteiger partial charge is 0.508 e. The topological polar surface area (TPSA) is 202 Å². The van der Waals surface area contributed by atoms with Gasteiger partial charge in [0, 0.05) is 43.3 Å². The monoisotopic (exact) mass is 522 g/mol. The van der Waals surface area contributed by atoms with Crippen LogP contribution < -0.4 is 10.6 Å². The van der Waals surface area contributed by atoms with Crippen molar-refractivity contribution >= 4 is 28.9 Å². The molecule has 11 nitrogen and oxygen atoms in total. The molecule has 5 rings (SSSR count). The molecule has 3 aliphatic rings. The number of aliphatic hydroxyl groups excluding tert-OH is 2. The maximum Gasteiger partial charge on any atom is 0.255 e. The highest BCUT2D eigenvalue weighted by molar-refractivity contribution is 6.22. The number of hydrogen-bond donors (Lipinski definition) is 7. The summed E-state index contributed by atoms with van der Waals surface area (Å²) in [6, 6.07) is 5.58. The summed E-state index contributed by atoms with van der Waals surface area (Å²) in [6.07, 6.45) is -0.197. The lowest BCUT2D eigenvalue weighted by atomic mass is 9.59. The Balaban J connectivity index is 1.75. The summed E-state index contributed by atoms with van der Waals surface area (Å²) in [5, 5.41) is 64.5. The van der Waals surface area contributed by atoms with Gasteiger partial charge in [-0.05, 0) is 48.1 Å². The van der Waals surface area contributed by atoms with Crippen molar-refractivity contribution in [2.75, 3.05) is 19.0 Å². The molecule has 3 aliphatic carbocycles. The standard InChI is InChI=1S/C27H26N2O9/c1-29(2)15-9-13(10-3-4-16(30)17(31)7-10)22(33)20-14(15)6-11-5-12-8-18(32)21(26(28)37)25(36)27(12,38)24(35)19(11)23(20)34/h3-4,7,9,11-12,30-31,33-34,36,38H,5-6,8H2,1-2H3,(H2,28,37). The van der Waals surface area contributed by atoms with Gasteiger partial charge in [-0.3, -0.25) is 14.4 Å². The Kier molecular flexibility index (Phi) is 5.46. The van der Waals surface area contributed by atoms with Crippen LogP contribution in [0.25, 0.3) is 16.9 Å². The van der Waals surface area contributed by atoms with E-state index in [0.717, 1.165) is 0 Å². The summed E-state index contributed by atoms with van der Waals surface area (Å²) in [4.78, 5) is 39.8. The van der Waals surface area contributed by atoms with Crippen LogP contribution in [0.4, 0.5) is 5.69 Å². The molecule has 2 aromatic rings. The van der Waals surface area contributed by atoms with Crippen molar-refractivity contribution in [1.29, 1.82) is 0 Å². The first kappa shape index (κ1) is 25.2.